The summed E-state index contributed by atoms with van der Waals surface area (Å²) in [6.07, 6.45) is 2.83. The van der Waals surface area contributed by atoms with Gasteiger partial charge in [-0.1, -0.05) is 24.6 Å². The van der Waals surface area contributed by atoms with Gasteiger partial charge in [0.2, 0.25) is 5.91 Å². The van der Waals surface area contributed by atoms with Gasteiger partial charge in [-0.25, -0.2) is 0 Å². The van der Waals surface area contributed by atoms with Gasteiger partial charge < -0.3 is 14.5 Å². The van der Waals surface area contributed by atoms with Crippen molar-refractivity contribution in [2.24, 2.45) is 5.92 Å². The van der Waals surface area contributed by atoms with Crippen molar-refractivity contribution in [2.75, 3.05) is 26.7 Å². The maximum absolute atomic E-state index is 13.3. The first kappa shape index (κ1) is 24.3. The Balaban J connectivity index is 1.46. The number of amides is 1. The van der Waals surface area contributed by atoms with Crippen molar-refractivity contribution in [1.29, 1.82) is 0 Å². The Morgan fingerprint density at radius 2 is 1.97 bits per heavy atom. The van der Waals surface area contributed by atoms with E-state index < -0.39 is 0 Å². The lowest BCUT2D eigenvalue weighted by Crippen LogP contribution is -2.54. The topological polar surface area (TPSA) is 63.5 Å². The van der Waals surface area contributed by atoms with E-state index in [2.05, 4.69) is 29.8 Å². The molecule has 0 spiro atoms. The quantitative estimate of drug-likeness (QED) is 0.629. The second-order valence-electron chi connectivity index (χ2n) is 9.41. The van der Waals surface area contributed by atoms with E-state index in [1.807, 2.05) is 48.6 Å². The number of nitrogens with zero attached hydrogens (tertiary/aromatic N) is 5. The number of carbonyl (C=O) groups is 1. The van der Waals surface area contributed by atoms with Crippen LogP contribution < -0.4 is 0 Å². The molecule has 1 fully saturated rings. The third-order valence-corrected chi connectivity index (χ3v) is 7.33. The van der Waals surface area contributed by atoms with E-state index in [4.69, 9.17) is 21.4 Å². The number of carbonyl (C=O) groups excluding carboxylic acids is 1. The molecule has 34 heavy (non-hydrogen) atoms. The number of piperazine rings is 1. The second kappa shape index (κ2) is 9.82. The van der Waals surface area contributed by atoms with Crippen LogP contribution >= 0.6 is 11.6 Å². The molecule has 2 aromatic heterocycles. The highest BCUT2D eigenvalue weighted by atomic mass is 35.5. The largest absolute Gasteiger partial charge is 0.495 e. The van der Waals surface area contributed by atoms with Crippen LogP contribution in [0.1, 0.15) is 37.2 Å². The van der Waals surface area contributed by atoms with Gasteiger partial charge in [0.15, 0.2) is 0 Å². The predicted octanol–water partition coefficient (Wildman–Crippen LogP) is 4.42. The smallest absolute Gasteiger partial charge is 0.244 e. The number of aromatic nitrogens is 3. The van der Waals surface area contributed by atoms with Crippen LogP contribution in [-0.4, -0.2) is 63.3 Å². The van der Waals surface area contributed by atoms with Crippen molar-refractivity contribution < 1.29 is 9.53 Å². The lowest BCUT2D eigenvalue weighted by atomic mass is 9.95. The molecule has 1 saturated heterocycles. The van der Waals surface area contributed by atoms with Gasteiger partial charge in [0.25, 0.3) is 0 Å². The number of hydrogen-bond donors (Lipinski definition) is 0. The zero-order valence-electron chi connectivity index (χ0n) is 20.9. The summed E-state index contributed by atoms with van der Waals surface area (Å²) in [6.45, 7) is 12.8. The van der Waals surface area contributed by atoms with Crippen LogP contribution in [0.15, 0.2) is 40.8 Å². The number of methoxy groups -OCH3 is 1. The van der Waals surface area contributed by atoms with Crippen molar-refractivity contribution >= 4 is 17.5 Å². The van der Waals surface area contributed by atoms with Gasteiger partial charge in [-0.2, -0.15) is 5.10 Å². The molecule has 8 heteroatoms. The molecule has 2 atom stereocenters. The van der Waals surface area contributed by atoms with Gasteiger partial charge in [-0.15, -0.1) is 0 Å². The van der Waals surface area contributed by atoms with Crippen molar-refractivity contribution in [1.82, 2.24) is 24.6 Å². The average molecular weight is 484 g/mol. The number of hydrogen-bond acceptors (Lipinski definition) is 5. The third-order valence-electron chi connectivity index (χ3n) is 6.99. The van der Waals surface area contributed by atoms with E-state index in [0.29, 0.717) is 12.5 Å². The number of pyridine rings is 1. The van der Waals surface area contributed by atoms with Crippen molar-refractivity contribution in [3.63, 3.8) is 0 Å². The highest BCUT2D eigenvalue weighted by Crippen LogP contribution is 2.34. The minimum Gasteiger partial charge on any atom is -0.495 e. The fraction of sp³-hybridized carbons (Fsp3) is 0.500. The minimum atomic E-state index is 0.0905. The summed E-state index contributed by atoms with van der Waals surface area (Å²) in [5, 5.41) is 5.53. The zero-order valence-corrected chi connectivity index (χ0v) is 21.7. The molecule has 4 rings (SSSR count). The number of allylic oxidation sites excluding steroid dienone is 3. The summed E-state index contributed by atoms with van der Waals surface area (Å²) in [5.74, 6) is 1.15. The monoisotopic (exact) mass is 483 g/mol. The van der Waals surface area contributed by atoms with Gasteiger partial charge in [0, 0.05) is 54.8 Å². The molecule has 182 valence electrons. The van der Waals surface area contributed by atoms with E-state index >= 15 is 0 Å². The number of aryl methyl sites for hydroxylation is 1. The molecule has 0 N–H and O–H groups in total. The fourth-order valence-corrected chi connectivity index (χ4v) is 5.25. The highest BCUT2D eigenvalue weighted by Gasteiger charge is 2.32. The molecule has 0 aromatic carbocycles. The van der Waals surface area contributed by atoms with Crippen molar-refractivity contribution in [3.8, 4) is 11.4 Å². The lowest BCUT2D eigenvalue weighted by Gasteiger charge is -2.43. The molecule has 0 radical (unpaired) electrons. The van der Waals surface area contributed by atoms with Crippen LogP contribution in [0.2, 0.25) is 0 Å². The Kier molecular flexibility index (Phi) is 7.03. The summed E-state index contributed by atoms with van der Waals surface area (Å²) in [6, 6.07) is 6.02. The van der Waals surface area contributed by atoms with Crippen LogP contribution in [0.3, 0.4) is 0 Å². The maximum atomic E-state index is 13.3. The summed E-state index contributed by atoms with van der Waals surface area (Å²) in [5.41, 5.74) is 5.91. The van der Waals surface area contributed by atoms with Crippen LogP contribution in [-0.2, 0) is 16.1 Å². The highest BCUT2D eigenvalue weighted by molar-refractivity contribution is 6.30. The molecule has 1 aliphatic carbocycles. The van der Waals surface area contributed by atoms with Gasteiger partial charge in [0.05, 0.1) is 17.8 Å². The van der Waals surface area contributed by atoms with E-state index in [-0.39, 0.29) is 18.5 Å². The molecular formula is C26H34ClN5O2. The van der Waals surface area contributed by atoms with Crippen molar-refractivity contribution in [3.05, 3.63) is 57.7 Å². The van der Waals surface area contributed by atoms with Crippen molar-refractivity contribution in [2.45, 2.75) is 53.6 Å². The van der Waals surface area contributed by atoms with E-state index in [0.717, 1.165) is 58.6 Å². The number of ether oxygens (including phenoxy) is 1. The Bertz CT molecular complexity index is 1150. The Morgan fingerprint density at radius 3 is 2.65 bits per heavy atom. The summed E-state index contributed by atoms with van der Waals surface area (Å²) >= 11 is 6.35. The summed E-state index contributed by atoms with van der Waals surface area (Å²) < 4.78 is 7.27. The molecule has 0 bridgehead atoms. The van der Waals surface area contributed by atoms with Gasteiger partial charge in [-0.05, 0) is 51.8 Å². The zero-order chi connectivity index (χ0) is 24.6. The Hall–Kier alpha value is -2.80. The van der Waals surface area contributed by atoms with E-state index in [1.165, 1.54) is 5.70 Å². The molecule has 0 saturated carbocycles. The first-order valence-corrected chi connectivity index (χ1v) is 12.2. The molecule has 1 amide bonds. The summed E-state index contributed by atoms with van der Waals surface area (Å²) in [4.78, 5) is 22.3. The lowest BCUT2D eigenvalue weighted by molar-refractivity contribution is -0.136. The number of halogens is 1. The maximum Gasteiger partial charge on any atom is 0.244 e. The van der Waals surface area contributed by atoms with E-state index in [9.17, 15) is 4.79 Å². The molecule has 3 heterocycles. The molecule has 2 aliphatic rings. The average Bonchev–Trinajstić information content (AvgIpc) is 3.07. The fourth-order valence-electron chi connectivity index (χ4n) is 4.89. The minimum absolute atomic E-state index is 0.0905. The Morgan fingerprint density at radius 1 is 1.21 bits per heavy atom. The molecule has 7 nitrogen and oxygen atoms in total. The molecule has 1 aliphatic heterocycles. The molecule has 2 aromatic rings. The second-order valence-corrected chi connectivity index (χ2v) is 9.87. The van der Waals surface area contributed by atoms with Crippen LogP contribution in [0.5, 0.6) is 0 Å². The van der Waals surface area contributed by atoms with Crippen LogP contribution in [0.25, 0.3) is 11.4 Å². The van der Waals surface area contributed by atoms with Crippen LogP contribution in [0, 0.1) is 26.7 Å². The first-order valence-electron chi connectivity index (χ1n) is 11.9. The third kappa shape index (κ3) is 4.71. The van der Waals surface area contributed by atoms with E-state index in [1.54, 1.807) is 7.11 Å². The number of rotatable bonds is 5. The van der Waals surface area contributed by atoms with Gasteiger partial charge >= 0.3 is 0 Å². The van der Waals surface area contributed by atoms with Gasteiger partial charge in [-0.3, -0.25) is 14.5 Å². The normalized spacial score (nSPS) is 21.1. The Labute approximate surface area is 207 Å². The SMILES string of the molecule is COC1=C(Cl)CC(C)C(N2CCN(C(=O)Cn3nc(-c4cccc(C)n4)c(C)c3C)[C@@H](C)C2)=C1. The summed E-state index contributed by atoms with van der Waals surface area (Å²) in [7, 11) is 1.65. The van der Waals surface area contributed by atoms with Crippen LogP contribution in [0.4, 0.5) is 0 Å². The standard InChI is InChI=1S/C26H34ClN5O2/c1-16-12-21(27)24(34-6)13-23(16)30-10-11-31(18(3)14-30)25(33)15-32-20(5)19(4)26(29-32)22-9-7-8-17(2)28-22/h7-9,13,16,18H,10-12,14-15H2,1-6H3/t16?,18-/m0/s1. The first-order chi connectivity index (χ1) is 16.2. The van der Waals surface area contributed by atoms with Gasteiger partial charge in [0.1, 0.15) is 18.0 Å². The predicted molar refractivity (Wildman–Crippen MR) is 134 cm³/mol. The molecule has 1 unspecified atom stereocenters. The molecular weight excluding hydrogens is 450 g/mol.